The number of phenols is 1. The maximum absolute atomic E-state index is 12.3. The summed E-state index contributed by atoms with van der Waals surface area (Å²) >= 11 is 0. The summed E-state index contributed by atoms with van der Waals surface area (Å²) in [6.07, 6.45) is 3.18. The van der Waals surface area contributed by atoms with Crippen molar-refractivity contribution < 1.29 is 13.5 Å². The summed E-state index contributed by atoms with van der Waals surface area (Å²) in [6, 6.07) is 3.80. The van der Waals surface area contributed by atoms with Gasteiger partial charge in [0.05, 0.1) is 16.8 Å². The number of benzene rings is 1. The van der Waals surface area contributed by atoms with E-state index in [0.29, 0.717) is 0 Å². The number of rotatable bonds is 4. The largest absolute Gasteiger partial charge is 0.506 e. The van der Waals surface area contributed by atoms with Crippen molar-refractivity contribution in [3.63, 3.8) is 0 Å². The highest BCUT2D eigenvalue weighted by atomic mass is 32.2. The molecule has 0 fully saturated rings. The number of H-pyrrole nitrogens is 1. The Morgan fingerprint density at radius 2 is 2.21 bits per heavy atom. The summed E-state index contributed by atoms with van der Waals surface area (Å²) < 4.78 is 25.7. The summed E-state index contributed by atoms with van der Waals surface area (Å²) in [6.45, 7) is 0.194. The first kappa shape index (κ1) is 13.4. The van der Waals surface area contributed by atoms with Crippen LogP contribution in [0.25, 0.3) is 0 Å². The Bertz CT molecular complexity index is 667. The molecule has 0 radical (unpaired) electrons. The first-order valence-electron chi connectivity index (χ1n) is 5.44. The van der Waals surface area contributed by atoms with Gasteiger partial charge < -0.3 is 10.8 Å². The van der Waals surface area contributed by atoms with Crippen LogP contribution in [0.5, 0.6) is 5.75 Å². The number of nitrogens with two attached hydrogens (primary N) is 1. The SMILES string of the molecule is CN(Cc1cn[nH]c1)S(=O)(=O)c1ccc(O)c(N)c1. The molecule has 0 saturated carbocycles. The van der Waals surface area contributed by atoms with Gasteiger partial charge in [0.1, 0.15) is 5.75 Å². The summed E-state index contributed by atoms with van der Waals surface area (Å²) in [5.41, 5.74) is 6.28. The van der Waals surface area contributed by atoms with Gasteiger partial charge in [0.2, 0.25) is 10.0 Å². The van der Waals surface area contributed by atoms with Gasteiger partial charge in [-0.15, -0.1) is 0 Å². The van der Waals surface area contributed by atoms with E-state index in [-0.39, 0.29) is 22.9 Å². The number of aromatic nitrogens is 2. The molecule has 1 aromatic heterocycles. The molecule has 7 nitrogen and oxygen atoms in total. The fourth-order valence-electron chi connectivity index (χ4n) is 1.58. The minimum atomic E-state index is -3.65. The van der Waals surface area contributed by atoms with E-state index in [0.717, 1.165) is 5.56 Å². The standard InChI is InChI=1S/C11H14N4O3S/c1-15(7-8-5-13-14-6-8)19(17,18)9-2-3-11(16)10(12)4-9/h2-6,16H,7,12H2,1H3,(H,13,14). The third kappa shape index (κ3) is 2.69. The maximum atomic E-state index is 12.3. The van der Waals surface area contributed by atoms with Crippen LogP contribution >= 0.6 is 0 Å². The second-order valence-electron chi connectivity index (χ2n) is 4.09. The van der Waals surface area contributed by atoms with Gasteiger partial charge >= 0.3 is 0 Å². The second kappa shape index (κ2) is 4.90. The van der Waals surface area contributed by atoms with Crippen molar-refractivity contribution in [3.8, 4) is 5.75 Å². The molecule has 0 saturated heterocycles. The van der Waals surface area contributed by atoms with E-state index in [1.54, 1.807) is 12.4 Å². The van der Waals surface area contributed by atoms with Gasteiger partial charge in [-0.2, -0.15) is 9.40 Å². The molecule has 0 bridgehead atoms. The normalized spacial score (nSPS) is 11.9. The number of nitrogen functional groups attached to an aromatic ring is 1. The number of nitrogens with zero attached hydrogens (tertiary/aromatic N) is 2. The first-order valence-corrected chi connectivity index (χ1v) is 6.88. The Balaban J connectivity index is 2.28. The topological polar surface area (TPSA) is 112 Å². The lowest BCUT2D eigenvalue weighted by atomic mass is 10.3. The molecule has 4 N–H and O–H groups in total. The molecular formula is C11H14N4O3S. The van der Waals surface area contributed by atoms with Crippen LogP contribution in [0.3, 0.4) is 0 Å². The van der Waals surface area contributed by atoms with E-state index in [2.05, 4.69) is 10.2 Å². The lowest BCUT2D eigenvalue weighted by Gasteiger charge is -2.16. The van der Waals surface area contributed by atoms with Gasteiger partial charge in [-0.25, -0.2) is 8.42 Å². The highest BCUT2D eigenvalue weighted by Gasteiger charge is 2.21. The number of anilines is 1. The molecule has 2 rings (SSSR count). The zero-order valence-electron chi connectivity index (χ0n) is 10.2. The average Bonchev–Trinajstić information content (AvgIpc) is 2.85. The Hall–Kier alpha value is -2.06. The van der Waals surface area contributed by atoms with Crippen LogP contribution < -0.4 is 5.73 Å². The molecule has 1 heterocycles. The Labute approximate surface area is 110 Å². The van der Waals surface area contributed by atoms with Crippen molar-refractivity contribution in [2.24, 2.45) is 0 Å². The Kier molecular flexibility index (Phi) is 3.45. The molecule has 1 aromatic carbocycles. The zero-order valence-corrected chi connectivity index (χ0v) is 11.1. The monoisotopic (exact) mass is 282 g/mol. The Morgan fingerprint density at radius 1 is 1.47 bits per heavy atom. The summed E-state index contributed by atoms with van der Waals surface area (Å²) in [5, 5.41) is 15.7. The summed E-state index contributed by atoms with van der Waals surface area (Å²) in [5.74, 6) is -0.142. The van der Waals surface area contributed by atoms with Gasteiger partial charge in [-0.05, 0) is 18.2 Å². The molecule has 19 heavy (non-hydrogen) atoms. The predicted octanol–water partition coefficient (Wildman–Crippen LogP) is 0.518. The zero-order chi connectivity index (χ0) is 14.0. The van der Waals surface area contributed by atoms with Crippen molar-refractivity contribution in [3.05, 3.63) is 36.2 Å². The number of aromatic amines is 1. The van der Waals surface area contributed by atoms with Crippen LogP contribution in [0.4, 0.5) is 5.69 Å². The number of hydrogen-bond acceptors (Lipinski definition) is 5. The third-order valence-corrected chi connectivity index (χ3v) is 4.47. The molecule has 0 spiro atoms. The first-order chi connectivity index (χ1) is 8.91. The summed E-state index contributed by atoms with van der Waals surface area (Å²) in [7, 11) is -2.19. The van der Waals surface area contributed by atoms with Crippen LogP contribution in [-0.4, -0.2) is 35.1 Å². The average molecular weight is 282 g/mol. The lowest BCUT2D eigenvalue weighted by molar-refractivity contribution is 0.465. The van der Waals surface area contributed by atoms with Gasteiger partial charge in [0.25, 0.3) is 0 Å². The van der Waals surface area contributed by atoms with Crippen molar-refractivity contribution in [1.29, 1.82) is 0 Å². The van der Waals surface area contributed by atoms with Gasteiger partial charge in [0, 0.05) is 25.4 Å². The summed E-state index contributed by atoms with van der Waals surface area (Å²) in [4.78, 5) is 0.0359. The molecule has 0 atom stereocenters. The molecule has 0 aliphatic carbocycles. The van der Waals surface area contributed by atoms with E-state index in [9.17, 15) is 13.5 Å². The van der Waals surface area contributed by atoms with Crippen molar-refractivity contribution in [1.82, 2.24) is 14.5 Å². The minimum absolute atomic E-state index is 0.0257. The van der Waals surface area contributed by atoms with Crippen LogP contribution in [0.15, 0.2) is 35.5 Å². The van der Waals surface area contributed by atoms with Gasteiger partial charge in [0.15, 0.2) is 0 Å². The second-order valence-corrected chi connectivity index (χ2v) is 6.13. The molecule has 0 unspecified atom stereocenters. The quantitative estimate of drug-likeness (QED) is 0.559. The third-order valence-electron chi connectivity index (χ3n) is 2.67. The number of hydrogen-bond donors (Lipinski definition) is 3. The number of aromatic hydroxyl groups is 1. The number of nitrogens with one attached hydrogen (secondary N) is 1. The number of sulfonamides is 1. The Morgan fingerprint density at radius 3 is 2.79 bits per heavy atom. The van der Waals surface area contributed by atoms with E-state index < -0.39 is 10.0 Å². The lowest BCUT2D eigenvalue weighted by Crippen LogP contribution is -2.26. The minimum Gasteiger partial charge on any atom is -0.506 e. The molecular weight excluding hydrogens is 268 g/mol. The molecule has 0 amide bonds. The van der Waals surface area contributed by atoms with Crippen LogP contribution in [0, 0.1) is 0 Å². The van der Waals surface area contributed by atoms with Crippen molar-refractivity contribution in [2.45, 2.75) is 11.4 Å². The smallest absolute Gasteiger partial charge is 0.243 e. The molecule has 0 aliphatic rings. The highest BCUT2D eigenvalue weighted by Crippen LogP contribution is 2.25. The van der Waals surface area contributed by atoms with E-state index in [4.69, 9.17) is 5.73 Å². The van der Waals surface area contributed by atoms with Crippen LogP contribution in [0.1, 0.15) is 5.56 Å². The number of phenolic OH excluding ortho intramolecular Hbond substituents is 1. The van der Waals surface area contributed by atoms with E-state index >= 15 is 0 Å². The fraction of sp³-hybridized carbons (Fsp3) is 0.182. The fourth-order valence-corrected chi connectivity index (χ4v) is 2.77. The molecule has 2 aromatic rings. The predicted molar refractivity (Wildman–Crippen MR) is 69.8 cm³/mol. The maximum Gasteiger partial charge on any atom is 0.243 e. The van der Waals surface area contributed by atoms with Gasteiger partial charge in [-0.3, -0.25) is 5.10 Å². The highest BCUT2D eigenvalue weighted by molar-refractivity contribution is 7.89. The van der Waals surface area contributed by atoms with E-state index in [1.165, 1.54) is 29.6 Å². The van der Waals surface area contributed by atoms with Gasteiger partial charge in [-0.1, -0.05) is 0 Å². The van der Waals surface area contributed by atoms with E-state index in [1.807, 2.05) is 0 Å². The van der Waals surface area contributed by atoms with Crippen LogP contribution in [0.2, 0.25) is 0 Å². The van der Waals surface area contributed by atoms with Crippen LogP contribution in [-0.2, 0) is 16.6 Å². The van der Waals surface area contributed by atoms with Crippen molar-refractivity contribution in [2.75, 3.05) is 12.8 Å². The molecule has 0 aliphatic heterocycles. The molecule has 8 heteroatoms. The van der Waals surface area contributed by atoms with Crippen molar-refractivity contribution >= 4 is 15.7 Å². The molecule has 102 valence electrons.